The highest BCUT2D eigenvalue weighted by molar-refractivity contribution is 5.78. The Labute approximate surface area is 154 Å². The third-order valence-corrected chi connectivity index (χ3v) is 4.11. The number of nitriles is 1. The zero-order valence-electron chi connectivity index (χ0n) is 14.7. The van der Waals surface area contributed by atoms with Crippen LogP contribution in [0.15, 0.2) is 47.0 Å². The maximum absolute atomic E-state index is 9.28. The van der Waals surface area contributed by atoms with Gasteiger partial charge in [0.1, 0.15) is 17.2 Å². The number of oxazole rings is 1. The third-order valence-electron chi connectivity index (χ3n) is 4.11. The lowest BCUT2D eigenvalue weighted by atomic mass is 10.1. The molecule has 4 aromatic rings. The summed E-state index contributed by atoms with van der Waals surface area (Å²) in [5.41, 5.74) is 5.63. The second-order valence-electron chi connectivity index (χ2n) is 6.07. The number of aromatic nitrogens is 5. The minimum Gasteiger partial charge on any atom is -0.436 e. The highest BCUT2D eigenvalue weighted by Gasteiger charge is 2.11. The topological polar surface area (TPSA) is 116 Å². The molecule has 0 bridgehead atoms. The second kappa shape index (κ2) is 6.72. The number of aromatic amines is 1. The predicted molar refractivity (Wildman–Crippen MR) is 100 cm³/mol. The Balaban J connectivity index is 1.67. The minimum atomic E-state index is 0.230. The first-order valence-corrected chi connectivity index (χ1v) is 8.23. The molecular formula is C19H15N7O. The molecule has 4 rings (SSSR count). The first-order valence-electron chi connectivity index (χ1n) is 8.23. The van der Waals surface area contributed by atoms with E-state index in [0.29, 0.717) is 5.89 Å². The van der Waals surface area contributed by atoms with Crippen LogP contribution in [0.5, 0.6) is 0 Å². The largest absolute Gasteiger partial charge is 0.436 e. The van der Waals surface area contributed by atoms with E-state index in [1.807, 2.05) is 56.3 Å². The molecule has 0 aliphatic rings. The summed E-state index contributed by atoms with van der Waals surface area (Å²) in [7, 11) is 0. The van der Waals surface area contributed by atoms with Crippen LogP contribution in [0.2, 0.25) is 0 Å². The van der Waals surface area contributed by atoms with Gasteiger partial charge in [-0.3, -0.25) is 0 Å². The van der Waals surface area contributed by atoms with Crippen LogP contribution in [-0.4, -0.2) is 25.6 Å². The van der Waals surface area contributed by atoms with E-state index in [2.05, 4.69) is 30.9 Å². The van der Waals surface area contributed by atoms with Crippen molar-refractivity contribution in [2.24, 2.45) is 0 Å². The van der Waals surface area contributed by atoms with E-state index in [1.165, 1.54) is 0 Å². The Kier molecular flexibility index (Phi) is 4.10. The van der Waals surface area contributed by atoms with Crippen LogP contribution in [0.3, 0.4) is 0 Å². The lowest BCUT2D eigenvalue weighted by Gasteiger charge is -2.07. The van der Waals surface area contributed by atoms with Gasteiger partial charge in [0.15, 0.2) is 5.58 Å². The summed E-state index contributed by atoms with van der Waals surface area (Å²) in [6.07, 6.45) is 1.55. The predicted octanol–water partition coefficient (Wildman–Crippen LogP) is 3.60. The highest BCUT2D eigenvalue weighted by Crippen LogP contribution is 2.28. The van der Waals surface area contributed by atoms with E-state index in [-0.39, 0.29) is 11.4 Å². The molecule has 2 heterocycles. The van der Waals surface area contributed by atoms with Gasteiger partial charge in [0.25, 0.3) is 0 Å². The van der Waals surface area contributed by atoms with Gasteiger partial charge < -0.3 is 9.73 Å². The molecule has 132 valence electrons. The number of fused-ring (bicyclic) bond motifs is 1. The van der Waals surface area contributed by atoms with Gasteiger partial charge in [-0.2, -0.15) is 10.5 Å². The summed E-state index contributed by atoms with van der Waals surface area (Å²) in [6.45, 7) is 3.99. The molecule has 0 unspecified atom stereocenters. The number of H-pyrrole nitrogens is 1. The summed E-state index contributed by atoms with van der Waals surface area (Å²) < 4.78 is 5.87. The van der Waals surface area contributed by atoms with Gasteiger partial charge in [0, 0.05) is 17.5 Å². The quantitative estimate of drug-likeness (QED) is 0.536. The molecule has 2 N–H and O–H groups in total. The van der Waals surface area contributed by atoms with E-state index in [9.17, 15) is 5.26 Å². The number of hydrogen-bond donors (Lipinski definition) is 2. The van der Waals surface area contributed by atoms with E-state index < -0.39 is 0 Å². The Hall–Kier alpha value is -3.99. The standard InChI is InChI=1S/C19H15N7O/c1-11-3-6-17-16(7-11)22-19(27-17)13-5-4-12(2)15(8-13)21-10-14(9-20)18-23-25-26-24-18/h3-8,10,21H,1-2H3,(H,23,24,25,26). The number of aryl methyl sites for hydroxylation is 2. The average Bonchev–Trinajstić information content (AvgIpc) is 3.33. The van der Waals surface area contributed by atoms with Crippen molar-refractivity contribution in [3.63, 3.8) is 0 Å². The number of benzene rings is 2. The van der Waals surface area contributed by atoms with Crippen LogP contribution in [0.25, 0.3) is 28.1 Å². The molecular weight excluding hydrogens is 342 g/mol. The summed E-state index contributed by atoms with van der Waals surface area (Å²) in [6, 6.07) is 13.8. The van der Waals surface area contributed by atoms with Crippen molar-refractivity contribution in [1.82, 2.24) is 25.6 Å². The molecule has 0 fully saturated rings. The number of tetrazole rings is 1. The summed E-state index contributed by atoms with van der Waals surface area (Å²) in [5.74, 6) is 0.773. The molecule has 0 saturated heterocycles. The van der Waals surface area contributed by atoms with Crippen molar-refractivity contribution in [2.75, 3.05) is 5.32 Å². The first kappa shape index (κ1) is 16.5. The van der Waals surface area contributed by atoms with Crippen molar-refractivity contribution < 1.29 is 4.42 Å². The SMILES string of the molecule is Cc1ccc2oc(-c3ccc(C)c(NC=C(C#N)c4nn[nH]n4)c3)nc2c1. The van der Waals surface area contributed by atoms with Crippen molar-refractivity contribution >= 4 is 22.4 Å². The molecule has 2 aromatic carbocycles. The second-order valence-corrected chi connectivity index (χ2v) is 6.07. The molecule has 27 heavy (non-hydrogen) atoms. The Morgan fingerprint density at radius 2 is 2.11 bits per heavy atom. The van der Waals surface area contributed by atoms with Crippen molar-refractivity contribution in [3.8, 4) is 17.5 Å². The average molecular weight is 357 g/mol. The van der Waals surface area contributed by atoms with E-state index in [1.54, 1.807) is 6.20 Å². The number of rotatable bonds is 4. The molecule has 0 atom stereocenters. The Bertz CT molecular complexity index is 1180. The van der Waals surface area contributed by atoms with E-state index in [4.69, 9.17) is 4.42 Å². The smallest absolute Gasteiger partial charge is 0.227 e. The number of hydrogen-bond acceptors (Lipinski definition) is 7. The van der Waals surface area contributed by atoms with Crippen LogP contribution in [0.1, 0.15) is 17.0 Å². The van der Waals surface area contributed by atoms with Crippen LogP contribution >= 0.6 is 0 Å². The first-order chi connectivity index (χ1) is 13.1. The molecule has 0 saturated carbocycles. The normalized spacial score (nSPS) is 11.5. The third kappa shape index (κ3) is 3.26. The Morgan fingerprint density at radius 1 is 1.22 bits per heavy atom. The van der Waals surface area contributed by atoms with Gasteiger partial charge in [-0.25, -0.2) is 4.98 Å². The summed E-state index contributed by atoms with van der Waals surface area (Å²) in [4.78, 5) is 4.57. The molecule has 8 heteroatoms. The number of allylic oxidation sites excluding steroid dienone is 1. The molecule has 2 aromatic heterocycles. The fourth-order valence-corrected chi connectivity index (χ4v) is 2.64. The van der Waals surface area contributed by atoms with Crippen molar-refractivity contribution in [1.29, 1.82) is 5.26 Å². The van der Waals surface area contributed by atoms with Crippen molar-refractivity contribution in [2.45, 2.75) is 13.8 Å². The molecule has 0 amide bonds. The lowest BCUT2D eigenvalue weighted by molar-refractivity contribution is 0.620. The van der Waals surface area contributed by atoms with Crippen LogP contribution in [0, 0.1) is 25.2 Å². The van der Waals surface area contributed by atoms with Gasteiger partial charge in [-0.05, 0) is 54.5 Å². The zero-order valence-corrected chi connectivity index (χ0v) is 14.7. The minimum absolute atomic E-state index is 0.230. The molecule has 0 aliphatic carbocycles. The summed E-state index contributed by atoms with van der Waals surface area (Å²) in [5, 5.41) is 25.8. The van der Waals surface area contributed by atoms with E-state index >= 15 is 0 Å². The van der Waals surface area contributed by atoms with Crippen LogP contribution < -0.4 is 5.32 Å². The van der Waals surface area contributed by atoms with Gasteiger partial charge in [0.05, 0.1) is 0 Å². The molecule has 0 aliphatic heterocycles. The van der Waals surface area contributed by atoms with Crippen LogP contribution in [0.4, 0.5) is 5.69 Å². The van der Waals surface area contributed by atoms with Gasteiger partial charge in [-0.1, -0.05) is 12.1 Å². The van der Waals surface area contributed by atoms with Crippen molar-refractivity contribution in [3.05, 3.63) is 59.5 Å². The monoisotopic (exact) mass is 357 g/mol. The zero-order chi connectivity index (χ0) is 18.8. The maximum Gasteiger partial charge on any atom is 0.227 e. The number of nitrogens with zero attached hydrogens (tertiary/aromatic N) is 5. The number of nitrogens with one attached hydrogen (secondary N) is 2. The fraction of sp³-hybridized carbons (Fsp3) is 0.105. The molecule has 0 radical (unpaired) electrons. The molecule has 8 nitrogen and oxygen atoms in total. The van der Waals surface area contributed by atoms with Gasteiger partial charge in [-0.15, -0.1) is 10.2 Å². The van der Waals surface area contributed by atoms with Gasteiger partial charge >= 0.3 is 0 Å². The summed E-state index contributed by atoms with van der Waals surface area (Å²) >= 11 is 0. The number of anilines is 1. The van der Waals surface area contributed by atoms with E-state index in [0.717, 1.165) is 33.5 Å². The fourth-order valence-electron chi connectivity index (χ4n) is 2.64. The molecule has 0 spiro atoms. The lowest BCUT2D eigenvalue weighted by Crippen LogP contribution is -1.95. The van der Waals surface area contributed by atoms with Crippen LogP contribution in [-0.2, 0) is 0 Å². The maximum atomic E-state index is 9.28. The Morgan fingerprint density at radius 3 is 2.89 bits per heavy atom. The van der Waals surface area contributed by atoms with Gasteiger partial charge in [0.2, 0.25) is 11.7 Å². The highest BCUT2D eigenvalue weighted by atomic mass is 16.3.